The van der Waals surface area contributed by atoms with Crippen LogP contribution in [0.5, 0.6) is 5.75 Å². The standard InChI is InChI=1S/C25H31N3O3S/c1-3-18(2)31-20-12-10-11-19(17-20)23(29)27-25(32)26-22-14-7-6-13-21(22)24(30)28-15-8-4-5-9-16-28/h6-7,10-14,17-18H,3-5,8-9,15-16H2,1-2H3,(H2,26,27,29,32). The maximum Gasteiger partial charge on any atom is 0.257 e. The number of nitrogens with one attached hydrogen (secondary N) is 2. The molecule has 0 saturated carbocycles. The first kappa shape index (κ1) is 23.7. The SMILES string of the molecule is CCC(C)Oc1cccc(C(=O)NC(=S)Nc2ccccc2C(=O)N2CCCCCC2)c1. The Hall–Kier alpha value is -2.93. The normalized spacial score (nSPS) is 14.8. The zero-order valence-corrected chi connectivity index (χ0v) is 19.5. The summed E-state index contributed by atoms with van der Waals surface area (Å²) in [6.45, 7) is 5.56. The first-order chi connectivity index (χ1) is 15.5. The van der Waals surface area contributed by atoms with Gasteiger partial charge in [0.05, 0.1) is 17.4 Å². The molecule has 1 aliphatic heterocycles. The van der Waals surface area contributed by atoms with Crippen molar-refractivity contribution in [1.29, 1.82) is 0 Å². The molecular formula is C25H31N3O3S. The second kappa shape index (κ2) is 11.6. The molecule has 32 heavy (non-hydrogen) atoms. The van der Waals surface area contributed by atoms with Crippen LogP contribution in [-0.4, -0.2) is 41.0 Å². The fourth-order valence-corrected chi connectivity index (χ4v) is 3.78. The molecule has 1 aliphatic rings. The predicted molar refractivity (Wildman–Crippen MR) is 131 cm³/mol. The molecule has 2 N–H and O–H groups in total. The van der Waals surface area contributed by atoms with Gasteiger partial charge >= 0.3 is 0 Å². The number of thiocarbonyl (C=S) groups is 1. The highest BCUT2D eigenvalue weighted by Gasteiger charge is 2.20. The first-order valence-electron chi connectivity index (χ1n) is 11.2. The molecule has 2 amide bonds. The molecule has 1 unspecified atom stereocenters. The van der Waals surface area contributed by atoms with Gasteiger partial charge in [0.1, 0.15) is 5.75 Å². The summed E-state index contributed by atoms with van der Waals surface area (Å²) in [6.07, 6.45) is 5.30. The van der Waals surface area contributed by atoms with E-state index in [9.17, 15) is 9.59 Å². The Morgan fingerprint density at radius 2 is 1.78 bits per heavy atom. The van der Waals surface area contributed by atoms with E-state index in [-0.39, 0.29) is 23.0 Å². The van der Waals surface area contributed by atoms with Crippen LogP contribution in [0, 0.1) is 0 Å². The lowest BCUT2D eigenvalue weighted by Gasteiger charge is -2.22. The number of ether oxygens (including phenoxy) is 1. The molecule has 1 saturated heterocycles. The average molecular weight is 454 g/mol. The lowest BCUT2D eigenvalue weighted by Crippen LogP contribution is -2.36. The quantitative estimate of drug-likeness (QED) is 0.602. The van der Waals surface area contributed by atoms with E-state index in [1.165, 1.54) is 0 Å². The van der Waals surface area contributed by atoms with Crippen LogP contribution in [0.4, 0.5) is 5.69 Å². The van der Waals surface area contributed by atoms with Crippen LogP contribution in [0.15, 0.2) is 48.5 Å². The fourth-order valence-electron chi connectivity index (χ4n) is 3.58. The number of benzene rings is 2. The highest BCUT2D eigenvalue weighted by molar-refractivity contribution is 7.80. The fraction of sp³-hybridized carbons (Fsp3) is 0.400. The second-order valence-corrected chi connectivity index (χ2v) is 8.43. The first-order valence-corrected chi connectivity index (χ1v) is 11.7. The van der Waals surface area contributed by atoms with Crippen LogP contribution in [0.3, 0.4) is 0 Å². The summed E-state index contributed by atoms with van der Waals surface area (Å²) in [5, 5.41) is 5.86. The van der Waals surface area contributed by atoms with Crippen molar-refractivity contribution in [3.8, 4) is 5.75 Å². The van der Waals surface area contributed by atoms with Crippen LogP contribution < -0.4 is 15.4 Å². The number of anilines is 1. The largest absolute Gasteiger partial charge is 0.491 e. The van der Waals surface area contributed by atoms with Gasteiger partial charge in [-0.1, -0.05) is 38.0 Å². The smallest absolute Gasteiger partial charge is 0.257 e. The van der Waals surface area contributed by atoms with E-state index in [0.29, 0.717) is 22.6 Å². The molecule has 2 aromatic carbocycles. The highest BCUT2D eigenvalue weighted by atomic mass is 32.1. The van der Waals surface area contributed by atoms with Gasteiger partial charge in [0, 0.05) is 18.7 Å². The molecule has 7 heteroatoms. The number of para-hydroxylation sites is 1. The van der Waals surface area contributed by atoms with Crippen molar-refractivity contribution in [2.24, 2.45) is 0 Å². The molecule has 0 radical (unpaired) electrons. The minimum absolute atomic E-state index is 0.0148. The number of carbonyl (C=O) groups is 2. The summed E-state index contributed by atoms with van der Waals surface area (Å²) in [4.78, 5) is 27.7. The van der Waals surface area contributed by atoms with Crippen LogP contribution >= 0.6 is 12.2 Å². The molecular weight excluding hydrogens is 422 g/mol. The number of rotatable bonds is 6. The average Bonchev–Trinajstić information content (AvgIpc) is 3.08. The van der Waals surface area contributed by atoms with Crippen molar-refractivity contribution in [2.45, 2.75) is 52.1 Å². The summed E-state index contributed by atoms with van der Waals surface area (Å²) >= 11 is 5.36. The maximum absolute atomic E-state index is 13.1. The molecule has 3 rings (SSSR count). The Morgan fingerprint density at radius 1 is 1.06 bits per heavy atom. The van der Waals surface area contributed by atoms with Gasteiger partial charge in [0.25, 0.3) is 11.8 Å². The van der Waals surface area contributed by atoms with Gasteiger partial charge in [-0.05, 0) is 68.7 Å². The Bertz CT molecular complexity index is 955. The lowest BCUT2D eigenvalue weighted by atomic mass is 10.1. The van der Waals surface area contributed by atoms with Crippen molar-refractivity contribution in [1.82, 2.24) is 10.2 Å². The Balaban J connectivity index is 1.66. The molecule has 0 bridgehead atoms. The summed E-state index contributed by atoms with van der Waals surface area (Å²) in [7, 11) is 0. The van der Waals surface area contributed by atoms with Gasteiger partial charge in [-0.3, -0.25) is 14.9 Å². The van der Waals surface area contributed by atoms with E-state index in [1.54, 1.807) is 30.3 Å². The Morgan fingerprint density at radius 3 is 2.50 bits per heavy atom. The molecule has 0 spiro atoms. The molecule has 1 fully saturated rings. The minimum atomic E-state index is -0.339. The second-order valence-electron chi connectivity index (χ2n) is 8.02. The number of amides is 2. The van der Waals surface area contributed by atoms with E-state index in [4.69, 9.17) is 17.0 Å². The number of likely N-dealkylation sites (tertiary alicyclic amines) is 1. The summed E-state index contributed by atoms with van der Waals surface area (Å²) in [6, 6.07) is 14.3. The van der Waals surface area contributed by atoms with Gasteiger partial charge in [-0.15, -0.1) is 0 Å². The number of hydrogen-bond donors (Lipinski definition) is 2. The van der Waals surface area contributed by atoms with Gasteiger partial charge < -0.3 is 15.0 Å². The molecule has 0 aromatic heterocycles. The molecule has 2 aromatic rings. The topological polar surface area (TPSA) is 70.7 Å². The van der Waals surface area contributed by atoms with Crippen molar-refractivity contribution in [3.63, 3.8) is 0 Å². The number of nitrogens with zero attached hydrogens (tertiary/aromatic N) is 1. The predicted octanol–water partition coefficient (Wildman–Crippen LogP) is 5.01. The zero-order valence-electron chi connectivity index (χ0n) is 18.7. The maximum atomic E-state index is 13.1. The summed E-state index contributed by atoms with van der Waals surface area (Å²) < 4.78 is 5.79. The van der Waals surface area contributed by atoms with E-state index in [0.717, 1.165) is 45.2 Å². The molecule has 6 nitrogen and oxygen atoms in total. The number of hydrogen-bond acceptors (Lipinski definition) is 4. The van der Waals surface area contributed by atoms with E-state index >= 15 is 0 Å². The van der Waals surface area contributed by atoms with Gasteiger partial charge in [0.15, 0.2) is 5.11 Å². The zero-order chi connectivity index (χ0) is 22.9. The number of carbonyl (C=O) groups excluding carboxylic acids is 2. The van der Waals surface area contributed by atoms with Crippen LogP contribution in [-0.2, 0) is 0 Å². The lowest BCUT2D eigenvalue weighted by molar-refractivity contribution is 0.0762. The van der Waals surface area contributed by atoms with E-state index in [1.807, 2.05) is 36.9 Å². The molecule has 0 aliphatic carbocycles. The van der Waals surface area contributed by atoms with Gasteiger partial charge in [-0.25, -0.2) is 0 Å². The van der Waals surface area contributed by atoms with Crippen molar-refractivity contribution < 1.29 is 14.3 Å². The van der Waals surface area contributed by atoms with Gasteiger partial charge in [-0.2, -0.15) is 0 Å². The van der Waals surface area contributed by atoms with E-state index < -0.39 is 0 Å². The van der Waals surface area contributed by atoms with Gasteiger partial charge in [0.2, 0.25) is 0 Å². The highest BCUT2D eigenvalue weighted by Crippen LogP contribution is 2.20. The summed E-state index contributed by atoms with van der Waals surface area (Å²) in [5.74, 6) is 0.284. The minimum Gasteiger partial charge on any atom is -0.491 e. The molecule has 1 heterocycles. The molecule has 170 valence electrons. The third kappa shape index (κ3) is 6.53. The Kier molecular flexibility index (Phi) is 8.62. The van der Waals surface area contributed by atoms with Crippen molar-refractivity contribution in [2.75, 3.05) is 18.4 Å². The summed E-state index contributed by atoms with van der Waals surface area (Å²) in [5.41, 5.74) is 1.58. The van der Waals surface area contributed by atoms with Crippen molar-refractivity contribution in [3.05, 3.63) is 59.7 Å². The third-order valence-corrected chi connectivity index (χ3v) is 5.74. The van der Waals surface area contributed by atoms with E-state index in [2.05, 4.69) is 10.6 Å². The van der Waals surface area contributed by atoms with Crippen LogP contribution in [0.1, 0.15) is 66.7 Å². The van der Waals surface area contributed by atoms with Crippen molar-refractivity contribution >= 4 is 34.8 Å². The van der Waals surface area contributed by atoms with Crippen LogP contribution in [0.25, 0.3) is 0 Å². The third-order valence-electron chi connectivity index (χ3n) is 5.53. The molecule has 1 atom stereocenters. The monoisotopic (exact) mass is 453 g/mol. The van der Waals surface area contributed by atoms with Crippen LogP contribution in [0.2, 0.25) is 0 Å². The Labute approximate surface area is 195 Å².